The smallest absolute Gasteiger partial charge is 0.167 e. The van der Waals surface area contributed by atoms with Crippen molar-refractivity contribution in [2.24, 2.45) is 0 Å². The minimum atomic E-state index is 0.527. The van der Waals surface area contributed by atoms with Crippen molar-refractivity contribution in [3.63, 3.8) is 0 Å². The summed E-state index contributed by atoms with van der Waals surface area (Å²) in [6.07, 6.45) is 1.82. The van der Waals surface area contributed by atoms with E-state index in [1.54, 1.807) is 0 Å². The van der Waals surface area contributed by atoms with E-state index in [1.165, 1.54) is 5.39 Å². The van der Waals surface area contributed by atoms with Gasteiger partial charge < -0.3 is 8.98 Å². The molecule has 0 atom stereocenters. The predicted molar refractivity (Wildman–Crippen MR) is 201 cm³/mol. The molecule has 0 aliphatic carbocycles. The maximum Gasteiger partial charge on any atom is 0.167 e. The van der Waals surface area contributed by atoms with Crippen molar-refractivity contribution < 1.29 is 4.42 Å². The van der Waals surface area contributed by atoms with Crippen LogP contribution in [0.25, 0.3) is 94.9 Å². The molecule has 0 radical (unpaired) electrons. The summed E-state index contributed by atoms with van der Waals surface area (Å²) in [5, 5.41) is 4.33. The number of pyridine rings is 1. The van der Waals surface area contributed by atoms with Crippen LogP contribution >= 0.6 is 0 Å². The zero-order valence-electron chi connectivity index (χ0n) is 26.7. The number of furan rings is 1. The third-order valence-corrected chi connectivity index (χ3v) is 9.28. The van der Waals surface area contributed by atoms with E-state index in [1.807, 2.05) is 91.1 Å². The Bertz CT molecular complexity index is 2790. The standard InChI is InChI=1S/C44H27N5O/c1-4-14-28(15-5-1)42-46-43(29-16-6-2-7-17-29)48-44(47-42)35-27-30(36-21-12-13-25-45-36)26-34-39-38(50-41(34)35)24-23-33-32-20-10-11-22-37(32)49(40(33)39)31-18-8-3-9-19-31/h1-27H. The number of hydrogen-bond donors (Lipinski definition) is 0. The molecule has 10 aromatic rings. The fourth-order valence-corrected chi connectivity index (χ4v) is 7.04. The summed E-state index contributed by atoms with van der Waals surface area (Å²) in [6.45, 7) is 0. The Morgan fingerprint density at radius 1 is 0.480 bits per heavy atom. The van der Waals surface area contributed by atoms with Gasteiger partial charge in [-0.15, -0.1) is 0 Å². The summed E-state index contributed by atoms with van der Waals surface area (Å²) in [6, 6.07) is 53.7. The van der Waals surface area contributed by atoms with E-state index in [9.17, 15) is 0 Å². The van der Waals surface area contributed by atoms with Crippen LogP contribution in [0.1, 0.15) is 0 Å². The van der Waals surface area contributed by atoms with Gasteiger partial charge in [0.1, 0.15) is 11.2 Å². The first-order valence-electron chi connectivity index (χ1n) is 16.6. The van der Waals surface area contributed by atoms with Crippen molar-refractivity contribution in [1.82, 2.24) is 24.5 Å². The number of nitrogens with zero attached hydrogens (tertiary/aromatic N) is 5. The summed E-state index contributed by atoms with van der Waals surface area (Å²) in [5.41, 5.74) is 9.17. The zero-order chi connectivity index (χ0) is 33.0. The van der Waals surface area contributed by atoms with Gasteiger partial charge in [-0.25, -0.2) is 15.0 Å². The van der Waals surface area contributed by atoms with Gasteiger partial charge in [0.25, 0.3) is 0 Å². The van der Waals surface area contributed by atoms with Crippen LogP contribution in [-0.2, 0) is 0 Å². The molecule has 0 N–H and O–H groups in total. The highest BCUT2D eigenvalue weighted by molar-refractivity contribution is 6.26. The maximum atomic E-state index is 6.88. The summed E-state index contributed by atoms with van der Waals surface area (Å²) < 4.78 is 9.23. The highest BCUT2D eigenvalue weighted by Crippen LogP contribution is 2.44. The molecule has 4 heterocycles. The fourth-order valence-electron chi connectivity index (χ4n) is 7.04. The number of fused-ring (bicyclic) bond motifs is 7. The molecule has 0 unspecified atom stereocenters. The molecule has 0 amide bonds. The van der Waals surface area contributed by atoms with Crippen molar-refractivity contribution in [3.8, 4) is 51.1 Å². The number of aromatic nitrogens is 5. The minimum absolute atomic E-state index is 0.527. The molecule has 10 rings (SSSR count). The van der Waals surface area contributed by atoms with E-state index in [-0.39, 0.29) is 0 Å². The van der Waals surface area contributed by atoms with Gasteiger partial charge in [0.2, 0.25) is 0 Å². The lowest BCUT2D eigenvalue weighted by molar-refractivity contribution is 0.669. The van der Waals surface area contributed by atoms with Gasteiger partial charge in [0.15, 0.2) is 17.5 Å². The lowest BCUT2D eigenvalue weighted by atomic mass is 10.0. The van der Waals surface area contributed by atoms with Gasteiger partial charge in [0.05, 0.1) is 27.7 Å². The van der Waals surface area contributed by atoms with E-state index in [4.69, 9.17) is 24.4 Å². The van der Waals surface area contributed by atoms with Crippen molar-refractivity contribution in [2.45, 2.75) is 0 Å². The normalized spacial score (nSPS) is 11.6. The molecule has 0 bridgehead atoms. The second kappa shape index (κ2) is 11.4. The Kier molecular flexibility index (Phi) is 6.39. The lowest BCUT2D eigenvalue weighted by Gasteiger charge is -2.11. The molecule has 0 saturated carbocycles. The Morgan fingerprint density at radius 3 is 1.82 bits per heavy atom. The average molecular weight is 642 g/mol. The molecular formula is C44H27N5O. The van der Waals surface area contributed by atoms with Crippen LogP contribution in [0.15, 0.2) is 168 Å². The second-order valence-corrected chi connectivity index (χ2v) is 12.3. The molecule has 0 fully saturated rings. The van der Waals surface area contributed by atoms with Gasteiger partial charge >= 0.3 is 0 Å². The largest absolute Gasteiger partial charge is 0.455 e. The molecular weight excluding hydrogens is 615 g/mol. The first kappa shape index (κ1) is 28.1. The van der Waals surface area contributed by atoms with Gasteiger partial charge in [-0.1, -0.05) is 103 Å². The highest BCUT2D eigenvalue weighted by atomic mass is 16.3. The van der Waals surface area contributed by atoms with Gasteiger partial charge in [-0.2, -0.15) is 0 Å². The van der Waals surface area contributed by atoms with Crippen LogP contribution < -0.4 is 0 Å². The van der Waals surface area contributed by atoms with E-state index < -0.39 is 0 Å². The van der Waals surface area contributed by atoms with E-state index >= 15 is 0 Å². The Labute approximate surface area is 287 Å². The first-order valence-corrected chi connectivity index (χ1v) is 16.6. The highest BCUT2D eigenvalue weighted by Gasteiger charge is 2.23. The van der Waals surface area contributed by atoms with E-state index in [2.05, 4.69) is 77.4 Å². The summed E-state index contributed by atoms with van der Waals surface area (Å²) in [5.74, 6) is 1.71. The van der Waals surface area contributed by atoms with Crippen molar-refractivity contribution in [3.05, 3.63) is 164 Å². The van der Waals surface area contributed by atoms with Crippen LogP contribution in [0.4, 0.5) is 0 Å². The second-order valence-electron chi connectivity index (χ2n) is 12.3. The fraction of sp³-hybridized carbons (Fsp3) is 0. The van der Waals surface area contributed by atoms with E-state index in [0.29, 0.717) is 23.1 Å². The van der Waals surface area contributed by atoms with Crippen molar-refractivity contribution in [1.29, 1.82) is 0 Å². The number of para-hydroxylation sites is 2. The molecule has 6 nitrogen and oxygen atoms in total. The summed E-state index contributed by atoms with van der Waals surface area (Å²) in [7, 11) is 0. The molecule has 0 aliphatic rings. The molecule has 234 valence electrons. The average Bonchev–Trinajstić information content (AvgIpc) is 3.74. The minimum Gasteiger partial charge on any atom is -0.455 e. The monoisotopic (exact) mass is 641 g/mol. The number of hydrogen-bond acceptors (Lipinski definition) is 5. The van der Waals surface area contributed by atoms with Crippen molar-refractivity contribution in [2.75, 3.05) is 0 Å². The topological polar surface area (TPSA) is 69.6 Å². The lowest BCUT2D eigenvalue weighted by Crippen LogP contribution is -2.00. The third kappa shape index (κ3) is 4.50. The molecule has 0 aliphatic heterocycles. The quantitative estimate of drug-likeness (QED) is 0.187. The maximum absolute atomic E-state index is 6.88. The number of rotatable bonds is 5. The summed E-state index contributed by atoms with van der Waals surface area (Å²) >= 11 is 0. The predicted octanol–water partition coefficient (Wildman–Crippen LogP) is 10.9. The van der Waals surface area contributed by atoms with Gasteiger partial charge in [-0.3, -0.25) is 4.98 Å². The van der Waals surface area contributed by atoms with Gasteiger partial charge in [-0.05, 0) is 54.6 Å². The Balaban J connectivity index is 1.35. The van der Waals surface area contributed by atoms with Crippen LogP contribution in [0, 0.1) is 0 Å². The van der Waals surface area contributed by atoms with Crippen molar-refractivity contribution >= 4 is 43.7 Å². The van der Waals surface area contributed by atoms with Crippen LogP contribution in [0.2, 0.25) is 0 Å². The molecule has 50 heavy (non-hydrogen) atoms. The summed E-state index contributed by atoms with van der Waals surface area (Å²) in [4.78, 5) is 19.9. The van der Waals surface area contributed by atoms with Gasteiger partial charge in [0, 0.05) is 44.7 Å². The molecule has 0 spiro atoms. The molecule has 6 heteroatoms. The first-order chi connectivity index (χ1) is 24.8. The van der Waals surface area contributed by atoms with E-state index in [0.717, 1.165) is 66.4 Å². The molecule has 0 saturated heterocycles. The Morgan fingerprint density at radius 2 is 1.12 bits per heavy atom. The molecule has 4 aromatic heterocycles. The van der Waals surface area contributed by atoms with Crippen LogP contribution in [0.3, 0.4) is 0 Å². The molecule has 6 aromatic carbocycles. The van der Waals surface area contributed by atoms with Crippen LogP contribution in [-0.4, -0.2) is 24.5 Å². The van der Waals surface area contributed by atoms with Crippen LogP contribution in [0.5, 0.6) is 0 Å². The number of benzene rings is 6. The zero-order valence-corrected chi connectivity index (χ0v) is 26.7. The Hall–Kier alpha value is -6.92. The third-order valence-electron chi connectivity index (χ3n) is 9.28. The SMILES string of the molecule is c1ccc(-c2nc(-c3ccccc3)nc(-c3cc(-c4ccccn4)cc4c3oc3ccc5c6ccccc6n(-c6ccccc6)c5c34)n2)cc1.